The fourth-order valence-corrected chi connectivity index (χ4v) is 2.91. The summed E-state index contributed by atoms with van der Waals surface area (Å²) < 4.78 is 11.3. The lowest BCUT2D eigenvalue weighted by Gasteiger charge is -2.37. The van der Waals surface area contributed by atoms with Gasteiger partial charge in [-0.3, -0.25) is 4.90 Å². The lowest BCUT2D eigenvalue weighted by Crippen LogP contribution is -2.50. The average molecular weight is 270 g/mol. The van der Waals surface area contributed by atoms with Gasteiger partial charge < -0.3 is 14.8 Å². The highest BCUT2D eigenvalue weighted by atomic mass is 16.5. The van der Waals surface area contributed by atoms with E-state index in [1.165, 1.54) is 12.8 Å². The van der Waals surface area contributed by atoms with E-state index in [0.29, 0.717) is 17.6 Å². The van der Waals surface area contributed by atoms with Gasteiger partial charge in [0.25, 0.3) is 0 Å². The summed E-state index contributed by atoms with van der Waals surface area (Å²) in [4.78, 5) is 2.51. The molecular formula is C15H30N2O2. The van der Waals surface area contributed by atoms with Crippen LogP contribution in [0.5, 0.6) is 0 Å². The molecule has 0 aromatic heterocycles. The Morgan fingerprint density at radius 2 is 2.00 bits per heavy atom. The van der Waals surface area contributed by atoms with Gasteiger partial charge in [-0.2, -0.15) is 0 Å². The van der Waals surface area contributed by atoms with E-state index in [1.54, 1.807) is 0 Å². The van der Waals surface area contributed by atoms with E-state index in [1.807, 2.05) is 0 Å². The quantitative estimate of drug-likeness (QED) is 0.821. The van der Waals surface area contributed by atoms with Gasteiger partial charge >= 0.3 is 0 Å². The molecule has 19 heavy (non-hydrogen) atoms. The average Bonchev–Trinajstić information content (AvgIpc) is 2.39. The molecule has 4 heteroatoms. The minimum absolute atomic E-state index is 0.347. The molecule has 2 fully saturated rings. The monoisotopic (exact) mass is 270 g/mol. The topological polar surface area (TPSA) is 33.7 Å². The van der Waals surface area contributed by atoms with Crippen LogP contribution < -0.4 is 5.32 Å². The van der Waals surface area contributed by atoms with Gasteiger partial charge in [0.2, 0.25) is 0 Å². The zero-order valence-corrected chi connectivity index (χ0v) is 12.8. The van der Waals surface area contributed by atoms with Crippen LogP contribution in [0.15, 0.2) is 0 Å². The maximum Gasteiger partial charge on any atom is 0.0826 e. The minimum atomic E-state index is 0.347. The molecule has 0 amide bonds. The Bertz CT molecular complexity index is 265. The van der Waals surface area contributed by atoms with Crippen molar-refractivity contribution in [3.63, 3.8) is 0 Å². The second kappa shape index (κ2) is 7.02. The molecule has 1 atom stereocenters. The van der Waals surface area contributed by atoms with Gasteiger partial charge in [0.05, 0.1) is 12.7 Å². The standard InChI is InChI=1S/C15H30N2O2/c1-13(2)17-6-9-19-14(11-17)10-16-12-15(3)4-7-18-8-5-15/h13-14,16H,4-12H2,1-3H3. The van der Waals surface area contributed by atoms with Crippen molar-refractivity contribution in [1.82, 2.24) is 10.2 Å². The number of morpholine rings is 1. The summed E-state index contributed by atoms with van der Waals surface area (Å²) >= 11 is 0. The summed E-state index contributed by atoms with van der Waals surface area (Å²) in [5, 5.41) is 3.62. The van der Waals surface area contributed by atoms with Crippen LogP contribution in [0.2, 0.25) is 0 Å². The van der Waals surface area contributed by atoms with Crippen LogP contribution in [0.4, 0.5) is 0 Å². The summed E-state index contributed by atoms with van der Waals surface area (Å²) in [6, 6.07) is 0.624. The molecule has 2 heterocycles. The number of hydrogen-bond acceptors (Lipinski definition) is 4. The zero-order valence-electron chi connectivity index (χ0n) is 12.8. The molecule has 1 N–H and O–H groups in total. The molecule has 112 valence electrons. The molecule has 0 spiro atoms. The van der Waals surface area contributed by atoms with Crippen molar-refractivity contribution >= 4 is 0 Å². The molecule has 2 aliphatic heterocycles. The maximum atomic E-state index is 5.85. The van der Waals surface area contributed by atoms with Gasteiger partial charge in [-0.15, -0.1) is 0 Å². The summed E-state index contributed by atoms with van der Waals surface area (Å²) in [6.07, 6.45) is 2.69. The minimum Gasteiger partial charge on any atom is -0.381 e. The largest absolute Gasteiger partial charge is 0.381 e. The number of ether oxygens (including phenoxy) is 2. The van der Waals surface area contributed by atoms with E-state index in [0.717, 1.165) is 46.0 Å². The van der Waals surface area contributed by atoms with E-state index in [4.69, 9.17) is 9.47 Å². The van der Waals surface area contributed by atoms with Gasteiger partial charge in [-0.1, -0.05) is 6.92 Å². The van der Waals surface area contributed by atoms with Crippen molar-refractivity contribution in [2.45, 2.75) is 45.8 Å². The Labute approximate surface area is 117 Å². The van der Waals surface area contributed by atoms with Crippen LogP contribution in [0.3, 0.4) is 0 Å². The first-order valence-electron chi connectivity index (χ1n) is 7.73. The number of nitrogens with zero attached hydrogens (tertiary/aromatic N) is 1. The predicted molar refractivity (Wildman–Crippen MR) is 77.5 cm³/mol. The van der Waals surface area contributed by atoms with Crippen LogP contribution in [0, 0.1) is 5.41 Å². The van der Waals surface area contributed by atoms with E-state index < -0.39 is 0 Å². The lowest BCUT2D eigenvalue weighted by molar-refractivity contribution is -0.0394. The van der Waals surface area contributed by atoms with Gasteiger partial charge in [0.15, 0.2) is 0 Å². The smallest absolute Gasteiger partial charge is 0.0826 e. The van der Waals surface area contributed by atoms with Crippen LogP contribution >= 0.6 is 0 Å². The number of hydrogen-bond donors (Lipinski definition) is 1. The van der Waals surface area contributed by atoms with Crippen molar-refractivity contribution in [3.8, 4) is 0 Å². The van der Waals surface area contributed by atoms with Gasteiger partial charge in [-0.25, -0.2) is 0 Å². The molecule has 0 bridgehead atoms. The van der Waals surface area contributed by atoms with Crippen LogP contribution in [0.1, 0.15) is 33.6 Å². The van der Waals surface area contributed by atoms with Crippen molar-refractivity contribution in [2.24, 2.45) is 5.41 Å². The summed E-state index contributed by atoms with van der Waals surface area (Å²) in [6.45, 7) is 13.8. The highest BCUT2D eigenvalue weighted by Crippen LogP contribution is 2.28. The Hall–Kier alpha value is -0.160. The second-order valence-electron chi connectivity index (χ2n) is 6.64. The molecule has 2 aliphatic rings. The first kappa shape index (κ1) is 15.2. The molecule has 2 saturated heterocycles. The van der Waals surface area contributed by atoms with Gasteiger partial charge in [-0.05, 0) is 32.1 Å². The Morgan fingerprint density at radius 3 is 2.68 bits per heavy atom. The molecule has 0 radical (unpaired) electrons. The summed E-state index contributed by atoms with van der Waals surface area (Å²) in [7, 11) is 0. The molecule has 0 saturated carbocycles. The van der Waals surface area contributed by atoms with E-state index in [9.17, 15) is 0 Å². The van der Waals surface area contributed by atoms with Crippen molar-refractivity contribution in [1.29, 1.82) is 0 Å². The Kier molecular flexibility index (Phi) is 5.63. The van der Waals surface area contributed by atoms with Crippen molar-refractivity contribution in [2.75, 3.05) is 46.0 Å². The highest BCUT2D eigenvalue weighted by Gasteiger charge is 2.28. The predicted octanol–water partition coefficient (Wildman–Crippen LogP) is 1.50. The molecule has 0 aliphatic carbocycles. The first-order chi connectivity index (χ1) is 9.09. The molecular weight excluding hydrogens is 240 g/mol. The van der Waals surface area contributed by atoms with Gasteiger partial charge in [0.1, 0.15) is 0 Å². The fraction of sp³-hybridized carbons (Fsp3) is 1.00. The Balaban J connectivity index is 1.67. The molecule has 0 aromatic rings. The number of rotatable bonds is 5. The van der Waals surface area contributed by atoms with E-state index in [-0.39, 0.29) is 0 Å². The normalized spacial score (nSPS) is 28.7. The van der Waals surface area contributed by atoms with Crippen molar-refractivity contribution < 1.29 is 9.47 Å². The lowest BCUT2D eigenvalue weighted by atomic mass is 9.82. The SMILES string of the molecule is CC(C)N1CCOC(CNCC2(C)CCOCC2)C1. The van der Waals surface area contributed by atoms with Crippen LogP contribution in [-0.2, 0) is 9.47 Å². The van der Waals surface area contributed by atoms with Crippen molar-refractivity contribution in [3.05, 3.63) is 0 Å². The first-order valence-corrected chi connectivity index (χ1v) is 7.73. The van der Waals surface area contributed by atoms with E-state index >= 15 is 0 Å². The highest BCUT2D eigenvalue weighted by molar-refractivity contribution is 4.81. The molecule has 1 unspecified atom stereocenters. The molecule has 0 aromatic carbocycles. The second-order valence-corrected chi connectivity index (χ2v) is 6.64. The van der Waals surface area contributed by atoms with E-state index in [2.05, 4.69) is 31.0 Å². The van der Waals surface area contributed by atoms with Gasteiger partial charge in [0, 0.05) is 45.4 Å². The maximum absolute atomic E-state index is 5.85. The van der Waals surface area contributed by atoms with Crippen LogP contribution in [0.25, 0.3) is 0 Å². The Morgan fingerprint density at radius 1 is 1.26 bits per heavy atom. The zero-order chi connectivity index (χ0) is 13.7. The summed E-state index contributed by atoms with van der Waals surface area (Å²) in [5.74, 6) is 0. The third-order valence-electron chi connectivity index (χ3n) is 4.52. The fourth-order valence-electron chi connectivity index (χ4n) is 2.91. The third kappa shape index (κ3) is 4.71. The van der Waals surface area contributed by atoms with Crippen LogP contribution in [-0.4, -0.2) is 63.0 Å². The molecule has 4 nitrogen and oxygen atoms in total. The third-order valence-corrected chi connectivity index (χ3v) is 4.52. The molecule has 2 rings (SSSR count). The summed E-state index contributed by atoms with van der Waals surface area (Å²) in [5.41, 5.74) is 0.407. The number of nitrogens with one attached hydrogen (secondary N) is 1.